The third-order valence-corrected chi connectivity index (χ3v) is 15.3. The first-order valence-electron chi connectivity index (χ1n) is 20.2. The molecule has 2 aromatic rings. The summed E-state index contributed by atoms with van der Waals surface area (Å²) in [7, 11) is 0. The Morgan fingerprint density at radius 1 is 1.09 bits per heavy atom. The zero-order valence-corrected chi connectivity index (χ0v) is 33.0. The minimum atomic E-state index is -1.56. The molecule has 10 nitrogen and oxygen atoms in total. The lowest BCUT2D eigenvalue weighted by Crippen LogP contribution is -2.61. The number of hydrogen-bond acceptors (Lipinski definition) is 8. The van der Waals surface area contributed by atoms with Gasteiger partial charge in [0.05, 0.1) is 27.7 Å². The van der Waals surface area contributed by atoms with Crippen molar-refractivity contribution in [2.45, 2.75) is 122 Å². The summed E-state index contributed by atoms with van der Waals surface area (Å²) in [6, 6.07) is -0.127. The maximum atomic E-state index is 16.4. The first-order valence-corrected chi connectivity index (χ1v) is 20.6. The quantitative estimate of drug-likeness (QED) is 0.240. The van der Waals surface area contributed by atoms with Gasteiger partial charge in [-0.3, -0.25) is 14.4 Å². The number of aliphatic hydroxyl groups excluding tert-OH is 1. The lowest BCUT2D eigenvalue weighted by Gasteiger charge is -2.59. The Bertz CT molecular complexity index is 2130. The molecule has 0 amide bonds. The van der Waals surface area contributed by atoms with Crippen LogP contribution in [0, 0.1) is 48.2 Å². The number of nitrogens with zero attached hydrogens (tertiary/aromatic N) is 2. The molecule has 296 valence electrons. The summed E-state index contributed by atoms with van der Waals surface area (Å²) in [4.78, 5) is 53.9. The van der Waals surface area contributed by atoms with E-state index in [0.717, 1.165) is 50.5 Å². The number of benzene rings is 1. The van der Waals surface area contributed by atoms with Crippen LogP contribution in [0.1, 0.15) is 112 Å². The number of carbonyl (C=O) groups is 3. The average molecular weight is 778 g/mol. The smallest absolute Gasteiger partial charge is 0.341 e. The van der Waals surface area contributed by atoms with Gasteiger partial charge in [0.1, 0.15) is 11.2 Å². The maximum absolute atomic E-state index is 16.4. The fourth-order valence-electron chi connectivity index (χ4n) is 12.1. The second-order valence-electron chi connectivity index (χ2n) is 17.9. The summed E-state index contributed by atoms with van der Waals surface area (Å²) in [6.07, 6.45) is 11.7. The molecule has 6 aliphatic rings. The number of fused-ring (bicyclic) bond motifs is 6. The first-order chi connectivity index (χ1) is 26.0. The molecular weight excluding hydrogens is 725 g/mol. The fraction of sp³-hybridized carbons (Fsp3) is 0.628. The number of ketones is 2. The molecule has 2 heterocycles. The van der Waals surface area contributed by atoms with E-state index in [1.165, 1.54) is 6.92 Å². The van der Waals surface area contributed by atoms with Crippen molar-refractivity contribution in [1.82, 2.24) is 9.88 Å². The summed E-state index contributed by atoms with van der Waals surface area (Å²) in [5.74, 6) is -2.10. The van der Waals surface area contributed by atoms with Gasteiger partial charge >= 0.3 is 5.97 Å². The number of aliphatic hydroxyl groups is 2. The summed E-state index contributed by atoms with van der Waals surface area (Å²) in [6.45, 7) is 8.49. The van der Waals surface area contributed by atoms with Crippen LogP contribution in [0.4, 0.5) is 10.1 Å². The number of aromatic carboxylic acids is 1. The zero-order chi connectivity index (χ0) is 39.4. The number of pyridine rings is 1. The van der Waals surface area contributed by atoms with Gasteiger partial charge < -0.3 is 30.1 Å². The topological polar surface area (TPSA) is 149 Å². The Hall–Kier alpha value is -3.38. The number of Topliss-reactive ketones (excluding diaryl/α,β-unsaturated/α-hetero) is 1. The molecule has 8 rings (SSSR count). The molecule has 8 atom stereocenters. The molecule has 5 aliphatic carbocycles. The van der Waals surface area contributed by atoms with Crippen molar-refractivity contribution >= 4 is 45.7 Å². The van der Waals surface area contributed by atoms with Crippen molar-refractivity contribution in [2.24, 2.45) is 28.6 Å². The number of rotatable bonds is 8. The van der Waals surface area contributed by atoms with E-state index >= 15 is 4.39 Å². The van der Waals surface area contributed by atoms with Crippen LogP contribution in [0.15, 0.2) is 28.6 Å². The Labute approximate surface area is 325 Å². The standard InChI is InChI=1S/C43H53ClFN3O7/c1-22-32-37(48(26-9-10-26)23(2)33(39(32)52)40(53)54)35(44)38(36(22)45)47-18-6-5-7-25(21-47)46-17-14-31(51)43(55)16-13-29-28-11-8-24-19-27(49)12-15-41(24,3)34(28)30(50)20-42(29,43)4/h12,15,19,25-26,28-30,34,46,50,55H,5-11,13-14,16-18,20-21H2,1-4H3,(H,53,54)/t25-,28+,29+,30+,34?,41+,42+,43+/m1/s1. The lowest BCUT2D eigenvalue weighted by atomic mass is 9.46. The number of carboxylic acid groups (broad SMARTS) is 1. The van der Waals surface area contributed by atoms with E-state index in [2.05, 4.69) is 12.2 Å². The Kier molecular flexibility index (Phi) is 9.54. The molecule has 12 heteroatoms. The van der Waals surface area contributed by atoms with Crippen molar-refractivity contribution in [1.29, 1.82) is 0 Å². The monoisotopic (exact) mass is 777 g/mol. The molecule has 0 bridgehead atoms. The average Bonchev–Trinajstić information content (AvgIpc) is 3.95. The molecule has 4 saturated carbocycles. The van der Waals surface area contributed by atoms with Crippen molar-refractivity contribution in [2.75, 3.05) is 24.5 Å². The van der Waals surface area contributed by atoms with Gasteiger partial charge in [-0.25, -0.2) is 9.18 Å². The number of aryl methyl sites for hydroxylation is 1. The van der Waals surface area contributed by atoms with E-state index in [1.807, 2.05) is 22.5 Å². The number of aromatic nitrogens is 1. The van der Waals surface area contributed by atoms with E-state index in [9.17, 15) is 34.5 Å². The molecule has 5 fully saturated rings. The molecular formula is C43H53ClFN3O7. The van der Waals surface area contributed by atoms with Crippen LogP contribution in [-0.2, 0) is 9.59 Å². The molecule has 4 N–H and O–H groups in total. The molecule has 1 aromatic carbocycles. The van der Waals surface area contributed by atoms with Gasteiger partial charge in [-0.05, 0) is 95.6 Å². The molecule has 1 aliphatic heterocycles. The van der Waals surface area contributed by atoms with Crippen molar-refractivity contribution in [3.8, 4) is 0 Å². The Morgan fingerprint density at radius 3 is 2.55 bits per heavy atom. The predicted molar refractivity (Wildman–Crippen MR) is 208 cm³/mol. The van der Waals surface area contributed by atoms with Crippen LogP contribution in [0.2, 0.25) is 5.02 Å². The van der Waals surface area contributed by atoms with Crippen LogP contribution in [-0.4, -0.2) is 74.8 Å². The van der Waals surface area contributed by atoms with Gasteiger partial charge in [-0.1, -0.05) is 43.5 Å². The highest BCUT2D eigenvalue weighted by atomic mass is 35.5. The van der Waals surface area contributed by atoms with Crippen LogP contribution in [0.3, 0.4) is 0 Å². The van der Waals surface area contributed by atoms with Crippen molar-refractivity contribution in [3.63, 3.8) is 0 Å². The van der Waals surface area contributed by atoms with Crippen LogP contribution >= 0.6 is 11.6 Å². The number of carboxylic acids is 1. The van der Waals surface area contributed by atoms with Gasteiger partial charge in [-0.2, -0.15) is 0 Å². The second-order valence-corrected chi connectivity index (χ2v) is 18.3. The molecule has 0 radical (unpaired) electrons. The van der Waals surface area contributed by atoms with Crippen LogP contribution < -0.4 is 15.6 Å². The number of halogens is 2. The highest BCUT2D eigenvalue weighted by Gasteiger charge is 2.68. The van der Waals surface area contributed by atoms with Gasteiger partial charge in [0.15, 0.2) is 17.4 Å². The number of anilines is 1. The van der Waals surface area contributed by atoms with E-state index < -0.39 is 39.8 Å². The Balaban J connectivity index is 0.995. The van der Waals surface area contributed by atoms with E-state index in [1.54, 1.807) is 19.1 Å². The highest BCUT2D eigenvalue weighted by molar-refractivity contribution is 6.38. The van der Waals surface area contributed by atoms with E-state index in [-0.39, 0.29) is 75.0 Å². The minimum Gasteiger partial charge on any atom is -0.477 e. The normalized spacial score (nSPS) is 34.5. The summed E-state index contributed by atoms with van der Waals surface area (Å²) >= 11 is 7.09. The van der Waals surface area contributed by atoms with Crippen molar-refractivity contribution < 1.29 is 34.1 Å². The van der Waals surface area contributed by atoms with Crippen LogP contribution in [0.25, 0.3) is 10.9 Å². The number of carbonyl (C=O) groups excluding carboxylic acids is 2. The second kappa shape index (κ2) is 13.6. The molecule has 55 heavy (non-hydrogen) atoms. The number of nitrogens with one attached hydrogen (secondary N) is 1. The van der Waals surface area contributed by atoms with E-state index in [4.69, 9.17) is 11.6 Å². The van der Waals surface area contributed by atoms with Gasteiger partial charge in [0.25, 0.3) is 0 Å². The minimum absolute atomic E-state index is 0.00697. The van der Waals surface area contributed by atoms with Gasteiger partial charge in [-0.15, -0.1) is 0 Å². The van der Waals surface area contributed by atoms with Gasteiger partial charge in [0, 0.05) is 66.1 Å². The zero-order valence-electron chi connectivity index (χ0n) is 32.2. The summed E-state index contributed by atoms with van der Waals surface area (Å²) in [5.41, 5.74) is -1.80. The fourth-order valence-corrected chi connectivity index (χ4v) is 12.5. The third-order valence-electron chi connectivity index (χ3n) is 15.0. The highest BCUT2D eigenvalue weighted by Crippen LogP contribution is 2.67. The number of hydrogen-bond donors (Lipinski definition) is 4. The summed E-state index contributed by atoms with van der Waals surface area (Å²) in [5, 5.41) is 37.6. The number of allylic oxidation sites excluding steroid dienone is 4. The lowest BCUT2D eigenvalue weighted by molar-refractivity contribution is -0.176. The van der Waals surface area contributed by atoms with Crippen molar-refractivity contribution in [3.05, 3.63) is 61.7 Å². The Morgan fingerprint density at radius 2 is 1.84 bits per heavy atom. The van der Waals surface area contributed by atoms with Crippen LogP contribution in [0.5, 0.6) is 0 Å². The maximum Gasteiger partial charge on any atom is 0.341 e. The first kappa shape index (κ1) is 38.5. The molecule has 1 aromatic heterocycles. The van der Waals surface area contributed by atoms with E-state index in [0.29, 0.717) is 50.1 Å². The molecule has 1 saturated heterocycles. The summed E-state index contributed by atoms with van der Waals surface area (Å²) < 4.78 is 18.3. The molecule has 1 unspecified atom stereocenters. The largest absolute Gasteiger partial charge is 0.477 e. The van der Waals surface area contributed by atoms with Gasteiger partial charge in [0.2, 0.25) is 5.43 Å². The SMILES string of the molecule is Cc1c(F)c(N2CCCC[C@@H](NCCC(=O)[C@@]3(O)CC[C@H]4[C@@H]5CCC6=CC(=O)C=C[C@]6(C)C5[C@@H](O)C[C@@]43C)C2)c(Cl)c2c1c(=O)c(C(=O)O)c(C)n2C1CC1. The third kappa shape index (κ3) is 5.80. The predicted octanol–water partition coefficient (Wildman–Crippen LogP) is 6.36. The molecule has 0 spiro atoms.